The molecule has 0 aliphatic heterocycles. The third kappa shape index (κ3) is 4.83. The van der Waals surface area contributed by atoms with Crippen molar-refractivity contribution in [3.05, 3.63) is 24.3 Å². The van der Waals surface area contributed by atoms with Crippen LogP contribution < -0.4 is 0 Å². The molecule has 0 amide bonds. The molecule has 0 heteroatoms. The van der Waals surface area contributed by atoms with Crippen molar-refractivity contribution in [2.24, 2.45) is 0 Å². The van der Waals surface area contributed by atoms with E-state index in [-0.39, 0.29) is 0 Å². The topological polar surface area (TPSA) is 0 Å². The highest BCUT2D eigenvalue weighted by atomic mass is 13.9. The van der Waals surface area contributed by atoms with Gasteiger partial charge in [0.05, 0.1) is 0 Å². The standard InChI is InChI=1S/C11H18/c1-2-4-6-8-10-11-9-7-5-3-1/h1-2,5,7H,3-4,6,8-11H2. The Bertz CT molecular complexity index is 115. The van der Waals surface area contributed by atoms with Gasteiger partial charge in [-0.3, -0.25) is 0 Å². The largest absolute Gasteiger partial charge is 0.0882 e. The van der Waals surface area contributed by atoms with Crippen LogP contribution >= 0.6 is 0 Å². The molecular weight excluding hydrogens is 132 g/mol. The molecule has 1 aliphatic rings. The van der Waals surface area contributed by atoms with Crippen LogP contribution in [0.4, 0.5) is 0 Å². The summed E-state index contributed by atoms with van der Waals surface area (Å²) in [6.07, 6.45) is 18.5. The van der Waals surface area contributed by atoms with Crippen LogP contribution in [0.25, 0.3) is 0 Å². The van der Waals surface area contributed by atoms with Gasteiger partial charge >= 0.3 is 0 Å². The molecule has 0 atom stereocenters. The van der Waals surface area contributed by atoms with Crippen LogP contribution in [0.3, 0.4) is 0 Å². The minimum absolute atomic E-state index is 1.14. The Balaban J connectivity index is 2.22. The fourth-order valence-electron chi connectivity index (χ4n) is 1.38. The Labute approximate surface area is 70.0 Å². The van der Waals surface area contributed by atoms with Gasteiger partial charge in [-0.1, -0.05) is 37.1 Å². The fourth-order valence-corrected chi connectivity index (χ4v) is 1.38. The third-order valence-corrected chi connectivity index (χ3v) is 2.10. The maximum atomic E-state index is 2.32. The summed E-state index contributed by atoms with van der Waals surface area (Å²) in [6.45, 7) is 0. The van der Waals surface area contributed by atoms with Gasteiger partial charge in [-0.15, -0.1) is 0 Å². The second-order valence-corrected chi connectivity index (χ2v) is 3.17. The Kier molecular flexibility index (Phi) is 4.84. The average molecular weight is 150 g/mol. The van der Waals surface area contributed by atoms with E-state index >= 15 is 0 Å². The van der Waals surface area contributed by atoms with Gasteiger partial charge in [-0.05, 0) is 32.1 Å². The van der Waals surface area contributed by atoms with Crippen molar-refractivity contribution in [3.63, 3.8) is 0 Å². The Morgan fingerprint density at radius 3 is 1.64 bits per heavy atom. The van der Waals surface area contributed by atoms with E-state index in [0.717, 1.165) is 6.42 Å². The van der Waals surface area contributed by atoms with Gasteiger partial charge in [0, 0.05) is 0 Å². The van der Waals surface area contributed by atoms with Crippen LogP contribution in [-0.2, 0) is 0 Å². The molecule has 0 fully saturated rings. The lowest BCUT2D eigenvalue weighted by Crippen LogP contribution is -1.75. The maximum Gasteiger partial charge on any atom is -0.0169 e. The molecule has 0 aromatic heterocycles. The van der Waals surface area contributed by atoms with Gasteiger partial charge in [0.15, 0.2) is 0 Å². The SMILES string of the molecule is C1=CCCCCCCC=CC1. The summed E-state index contributed by atoms with van der Waals surface area (Å²) in [7, 11) is 0. The minimum Gasteiger partial charge on any atom is -0.0882 e. The molecule has 1 rings (SSSR count). The summed E-state index contributed by atoms with van der Waals surface area (Å²) in [6, 6.07) is 0. The predicted molar refractivity (Wildman–Crippen MR) is 50.6 cm³/mol. The van der Waals surface area contributed by atoms with Crippen molar-refractivity contribution in [1.82, 2.24) is 0 Å². The zero-order valence-electron chi connectivity index (χ0n) is 7.26. The molecule has 0 saturated heterocycles. The molecule has 0 aromatic rings. The second kappa shape index (κ2) is 6.21. The molecule has 0 saturated carbocycles. The zero-order valence-corrected chi connectivity index (χ0v) is 7.26. The number of hydrogen-bond acceptors (Lipinski definition) is 0. The van der Waals surface area contributed by atoms with Crippen LogP contribution in [-0.4, -0.2) is 0 Å². The van der Waals surface area contributed by atoms with Crippen molar-refractivity contribution in [2.75, 3.05) is 0 Å². The molecule has 1 aliphatic carbocycles. The van der Waals surface area contributed by atoms with Crippen LogP contribution in [0.2, 0.25) is 0 Å². The van der Waals surface area contributed by atoms with E-state index < -0.39 is 0 Å². The molecule has 0 unspecified atom stereocenters. The first-order valence-electron chi connectivity index (χ1n) is 4.80. The molecule has 0 spiro atoms. The highest BCUT2D eigenvalue weighted by Gasteiger charge is 1.88. The zero-order chi connectivity index (χ0) is 7.78. The molecule has 0 N–H and O–H groups in total. The summed E-state index contributed by atoms with van der Waals surface area (Å²) in [4.78, 5) is 0. The molecule has 0 radical (unpaired) electrons. The molecule has 62 valence electrons. The highest BCUT2D eigenvalue weighted by molar-refractivity contribution is 4.93. The first kappa shape index (κ1) is 8.58. The van der Waals surface area contributed by atoms with Gasteiger partial charge in [-0.2, -0.15) is 0 Å². The van der Waals surface area contributed by atoms with Crippen LogP contribution in [0, 0.1) is 0 Å². The molecule has 11 heavy (non-hydrogen) atoms. The quantitative estimate of drug-likeness (QED) is 0.460. The summed E-state index contributed by atoms with van der Waals surface area (Å²) in [5.74, 6) is 0. The maximum absolute atomic E-state index is 2.32. The fraction of sp³-hybridized carbons (Fsp3) is 0.636. The lowest BCUT2D eigenvalue weighted by atomic mass is 10.1. The minimum atomic E-state index is 1.14. The molecular formula is C11H18. The third-order valence-electron chi connectivity index (χ3n) is 2.10. The Hall–Kier alpha value is -0.520. The van der Waals surface area contributed by atoms with Crippen LogP contribution in [0.5, 0.6) is 0 Å². The lowest BCUT2D eigenvalue weighted by Gasteiger charge is -1.95. The predicted octanol–water partition coefficient (Wildman–Crippen LogP) is 3.84. The lowest BCUT2D eigenvalue weighted by molar-refractivity contribution is 0.653. The van der Waals surface area contributed by atoms with Crippen molar-refractivity contribution in [1.29, 1.82) is 0 Å². The van der Waals surface area contributed by atoms with Crippen molar-refractivity contribution in [2.45, 2.75) is 44.9 Å². The Morgan fingerprint density at radius 1 is 0.545 bits per heavy atom. The van der Waals surface area contributed by atoms with E-state index in [9.17, 15) is 0 Å². The summed E-state index contributed by atoms with van der Waals surface area (Å²) in [5, 5.41) is 0. The number of allylic oxidation sites excluding steroid dienone is 4. The number of hydrogen-bond donors (Lipinski definition) is 0. The van der Waals surface area contributed by atoms with E-state index in [1.54, 1.807) is 0 Å². The van der Waals surface area contributed by atoms with Crippen molar-refractivity contribution >= 4 is 0 Å². The first-order valence-corrected chi connectivity index (χ1v) is 4.80. The normalized spacial score (nSPS) is 21.1. The first-order chi connectivity index (χ1) is 5.50. The van der Waals surface area contributed by atoms with E-state index in [2.05, 4.69) is 24.3 Å². The average Bonchev–Trinajstić information content (AvgIpc) is 2.08. The van der Waals surface area contributed by atoms with Crippen molar-refractivity contribution in [3.8, 4) is 0 Å². The van der Waals surface area contributed by atoms with Gasteiger partial charge in [0.1, 0.15) is 0 Å². The summed E-state index contributed by atoms with van der Waals surface area (Å²) in [5.41, 5.74) is 0. The highest BCUT2D eigenvalue weighted by Crippen LogP contribution is 2.08. The van der Waals surface area contributed by atoms with E-state index in [4.69, 9.17) is 0 Å². The molecule has 0 aromatic carbocycles. The van der Waals surface area contributed by atoms with Gasteiger partial charge < -0.3 is 0 Å². The summed E-state index contributed by atoms with van der Waals surface area (Å²) < 4.78 is 0. The summed E-state index contributed by atoms with van der Waals surface area (Å²) >= 11 is 0. The monoisotopic (exact) mass is 150 g/mol. The molecule has 0 bridgehead atoms. The van der Waals surface area contributed by atoms with E-state index in [1.165, 1.54) is 38.5 Å². The number of rotatable bonds is 0. The van der Waals surface area contributed by atoms with Crippen molar-refractivity contribution < 1.29 is 0 Å². The van der Waals surface area contributed by atoms with Gasteiger partial charge in [0.25, 0.3) is 0 Å². The van der Waals surface area contributed by atoms with Crippen LogP contribution in [0.1, 0.15) is 44.9 Å². The van der Waals surface area contributed by atoms with Gasteiger partial charge in [0.2, 0.25) is 0 Å². The van der Waals surface area contributed by atoms with E-state index in [1.807, 2.05) is 0 Å². The molecule has 0 nitrogen and oxygen atoms in total. The molecule has 0 heterocycles. The smallest absolute Gasteiger partial charge is 0.0169 e. The van der Waals surface area contributed by atoms with Crippen LogP contribution in [0.15, 0.2) is 24.3 Å². The van der Waals surface area contributed by atoms with E-state index in [0.29, 0.717) is 0 Å². The Morgan fingerprint density at radius 2 is 1.09 bits per heavy atom. The van der Waals surface area contributed by atoms with Gasteiger partial charge in [-0.25, -0.2) is 0 Å². The second-order valence-electron chi connectivity index (χ2n) is 3.17.